The fraction of sp³-hybridized carbons (Fsp3) is 0.455. The Morgan fingerprint density at radius 3 is 2.61 bits per heavy atom. The first-order valence-electron chi connectivity index (χ1n) is 10.0. The highest BCUT2D eigenvalue weighted by atomic mass is 16.3. The summed E-state index contributed by atoms with van der Waals surface area (Å²) in [6.45, 7) is 4.31. The molecule has 3 unspecified atom stereocenters. The van der Waals surface area contributed by atoms with Crippen molar-refractivity contribution >= 4 is 5.91 Å². The van der Waals surface area contributed by atoms with Crippen LogP contribution in [0.4, 0.5) is 0 Å². The Labute approximate surface area is 165 Å². The minimum absolute atomic E-state index is 0.0574. The third-order valence-electron chi connectivity index (χ3n) is 6.27. The van der Waals surface area contributed by atoms with E-state index in [9.17, 15) is 14.7 Å². The van der Waals surface area contributed by atoms with E-state index in [4.69, 9.17) is 0 Å². The summed E-state index contributed by atoms with van der Waals surface area (Å²) in [7, 11) is 1.76. The van der Waals surface area contributed by atoms with Crippen LogP contribution in [0, 0.1) is 12.8 Å². The SMILES string of the molecule is CCCC1CCC2N(C)C(=O)c3c(O)c(=O)ccn3N2C1c1ccccc1C. The highest BCUT2D eigenvalue weighted by Crippen LogP contribution is 2.44. The number of piperidine rings is 1. The molecule has 28 heavy (non-hydrogen) atoms. The molecule has 0 bridgehead atoms. The molecule has 0 saturated carbocycles. The molecule has 1 N–H and O–H groups in total. The van der Waals surface area contributed by atoms with Gasteiger partial charge >= 0.3 is 0 Å². The van der Waals surface area contributed by atoms with E-state index < -0.39 is 11.2 Å². The van der Waals surface area contributed by atoms with E-state index in [2.05, 4.69) is 37.1 Å². The zero-order chi connectivity index (χ0) is 20.0. The summed E-state index contributed by atoms with van der Waals surface area (Å²) < 4.78 is 1.72. The van der Waals surface area contributed by atoms with Crippen molar-refractivity contribution in [1.29, 1.82) is 0 Å². The van der Waals surface area contributed by atoms with E-state index >= 15 is 0 Å². The van der Waals surface area contributed by atoms with Gasteiger partial charge in [0, 0.05) is 19.3 Å². The van der Waals surface area contributed by atoms with Crippen LogP contribution in [-0.2, 0) is 0 Å². The van der Waals surface area contributed by atoms with Gasteiger partial charge in [0.05, 0.1) is 6.04 Å². The average molecular weight is 381 g/mol. The number of amides is 1. The Balaban J connectivity index is 1.95. The van der Waals surface area contributed by atoms with Gasteiger partial charge in [-0.05, 0) is 43.2 Å². The van der Waals surface area contributed by atoms with Crippen LogP contribution in [0.15, 0.2) is 41.3 Å². The number of aromatic hydroxyl groups is 1. The predicted molar refractivity (Wildman–Crippen MR) is 108 cm³/mol. The summed E-state index contributed by atoms with van der Waals surface area (Å²) in [4.78, 5) is 26.6. The van der Waals surface area contributed by atoms with E-state index in [1.165, 1.54) is 17.2 Å². The molecule has 6 heteroatoms. The maximum Gasteiger partial charge on any atom is 0.277 e. The molecule has 3 atom stereocenters. The number of fused-ring (bicyclic) bond motifs is 3. The highest BCUT2D eigenvalue weighted by molar-refractivity contribution is 5.96. The Morgan fingerprint density at radius 2 is 1.89 bits per heavy atom. The molecule has 6 nitrogen and oxygen atoms in total. The van der Waals surface area contributed by atoms with Gasteiger partial charge in [-0.1, -0.05) is 37.6 Å². The van der Waals surface area contributed by atoms with E-state index in [1.54, 1.807) is 22.8 Å². The van der Waals surface area contributed by atoms with Crippen LogP contribution in [0.3, 0.4) is 0 Å². The second-order valence-corrected chi connectivity index (χ2v) is 7.93. The maximum absolute atomic E-state index is 12.9. The lowest BCUT2D eigenvalue weighted by molar-refractivity contribution is 0.0486. The normalized spacial score (nSPS) is 24.1. The van der Waals surface area contributed by atoms with Crippen molar-refractivity contribution in [3.8, 4) is 5.75 Å². The quantitative estimate of drug-likeness (QED) is 0.887. The van der Waals surface area contributed by atoms with Crippen molar-refractivity contribution in [1.82, 2.24) is 9.58 Å². The van der Waals surface area contributed by atoms with Crippen molar-refractivity contribution in [3.63, 3.8) is 0 Å². The first kappa shape index (κ1) is 18.6. The van der Waals surface area contributed by atoms with Gasteiger partial charge in [0.1, 0.15) is 6.17 Å². The number of carbonyl (C=O) groups is 1. The van der Waals surface area contributed by atoms with Crippen LogP contribution < -0.4 is 10.4 Å². The molecule has 0 aliphatic carbocycles. The zero-order valence-electron chi connectivity index (χ0n) is 16.6. The number of rotatable bonds is 3. The fourth-order valence-corrected chi connectivity index (χ4v) is 4.90. The molecular formula is C22H27N3O3. The van der Waals surface area contributed by atoms with E-state index in [1.807, 2.05) is 6.07 Å². The average Bonchev–Trinajstić information content (AvgIpc) is 2.69. The summed E-state index contributed by atoms with van der Waals surface area (Å²) >= 11 is 0. The van der Waals surface area contributed by atoms with E-state index in [-0.39, 0.29) is 23.8 Å². The summed E-state index contributed by atoms with van der Waals surface area (Å²) in [5.41, 5.74) is 1.97. The second kappa shape index (κ2) is 7.00. The number of hydrogen-bond donors (Lipinski definition) is 1. The van der Waals surface area contributed by atoms with Crippen molar-refractivity contribution in [2.24, 2.45) is 5.92 Å². The molecule has 2 aliphatic heterocycles. The smallest absolute Gasteiger partial charge is 0.277 e. The Hall–Kier alpha value is -2.76. The van der Waals surface area contributed by atoms with Crippen molar-refractivity contribution in [2.45, 2.75) is 51.7 Å². The van der Waals surface area contributed by atoms with Crippen LogP contribution in [0.2, 0.25) is 0 Å². The molecule has 4 rings (SSSR count). The standard InChI is InChI=1S/C22H27N3O3/c1-4-7-15-10-11-18-23(3)22(28)20-21(27)17(26)12-13-24(20)25(18)19(15)16-9-6-5-8-14(16)2/h5-6,8-9,12-13,15,18-19,27H,4,7,10-11H2,1-3H3. The van der Waals surface area contributed by atoms with Crippen molar-refractivity contribution in [2.75, 3.05) is 12.1 Å². The van der Waals surface area contributed by atoms with Gasteiger partial charge in [-0.3, -0.25) is 19.3 Å². The Morgan fingerprint density at radius 1 is 1.14 bits per heavy atom. The number of aromatic nitrogens is 1. The molecule has 1 aromatic heterocycles. The number of benzene rings is 1. The minimum Gasteiger partial charge on any atom is -0.502 e. The molecule has 2 aliphatic rings. The van der Waals surface area contributed by atoms with Gasteiger partial charge in [-0.2, -0.15) is 0 Å². The molecule has 2 aromatic rings. The van der Waals surface area contributed by atoms with Gasteiger partial charge in [0.15, 0.2) is 11.4 Å². The summed E-state index contributed by atoms with van der Waals surface area (Å²) in [6.07, 6.45) is 5.59. The lowest BCUT2D eigenvalue weighted by atomic mass is 9.80. The van der Waals surface area contributed by atoms with Crippen LogP contribution in [0.5, 0.6) is 5.75 Å². The summed E-state index contributed by atoms with van der Waals surface area (Å²) in [6, 6.07) is 9.77. The van der Waals surface area contributed by atoms with E-state index in [0.29, 0.717) is 5.92 Å². The van der Waals surface area contributed by atoms with Crippen LogP contribution in [-0.4, -0.2) is 33.8 Å². The highest BCUT2D eigenvalue weighted by Gasteiger charge is 2.46. The lowest BCUT2D eigenvalue weighted by Crippen LogP contribution is -2.64. The van der Waals surface area contributed by atoms with Crippen LogP contribution in [0.25, 0.3) is 0 Å². The Kier molecular flexibility index (Phi) is 4.65. The van der Waals surface area contributed by atoms with Crippen molar-refractivity contribution in [3.05, 3.63) is 63.6 Å². The predicted octanol–water partition coefficient (Wildman–Crippen LogP) is 3.16. The largest absolute Gasteiger partial charge is 0.502 e. The molecule has 1 aromatic carbocycles. The third-order valence-corrected chi connectivity index (χ3v) is 6.27. The molecule has 1 saturated heterocycles. The monoisotopic (exact) mass is 381 g/mol. The minimum atomic E-state index is -0.527. The van der Waals surface area contributed by atoms with Crippen LogP contribution in [0.1, 0.15) is 60.3 Å². The second-order valence-electron chi connectivity index (χ2n) is 7.93. The number of carbonyl (C=O) groups excluding carboxylic acids is 1. The summed E-state index contributed by atoms with van der Waals surface area (Å²) in [5, 5.41) is 12.6. The van der Waals surface area contributed by atoms with Gasteiger partial charge in [0.2, 0.25) is 5.43 Å². The molecule has 0 radical (unpaired) electrons. The summed E-state index contributed by atoms with van der Waals surface area (Å²) in [5.74, 6) is -0.355. The fourth-order valence-electron chi connectivity index (χ4n) is 4.90. The van der Waals surface area contributed by atoms with Gasteiger partial charge in [-0.15, -0.1) is 0 Å². The number of hydrogen-bond acceptors (Lipinski definition) is 4. The molecule has 148 valence electrons. The first-order chi connectivity index (χ1) is 13.5. The molecule has 1 amide bonds. The lowest BCUT2D eigenvalue weighted by Gasteiger charge is -2.54. The van der Waals surface area contributed by atoms with Gasteiger partial charge < -0.3 is 10.0 Å². The molecular weight excluding hydrogens is 354 g/mol. The van der Waals surface area contributed by atoms with E-state index in [0.717, 1.165) is 25.7 Å². The molecule has 3 heterocycles. The Bertz CT molecular complexity index is 968. The molecule has 0 spiro atoms. The topological polar surface area (TPSA) is 65.8 Å². The third kappa shape index (κ3) is 2.70. The number of aryl methyl sites for hydroxylation is 1. The first-order valence-corrected chi connectivity index (χ1v) is 10.0. The van der Waals surface area contributed by atoms with Gasteiger partial charge in [-0.25, -0.2) is 0 Å². The number of pyridine rings is 1. The van der Waals surface area contributed by atoms with Gasteiger partial charge in [0.25, 0.3) is 5.91 Å². The molecule has 1 fully saturated rings. The van der Waals surface area contributed by atoms with Crippen molar-refractivity contribution < 1.29 is 9.90 Å². The maximum atomic E-state index is 12.9. The van der Waals surface area contributed by atoms with Crippen LogP contribution >= 0.6 is 0 Å². The zero-order valence-corrected chi connectivity index (χ0v) is 16.6. The number of nitrogens with zero attached hydrogens (tertiary/aromatic N) is 3.